The Labute approximate surface area is 342 Å². The summed E-state index contributed by atoms with van der Waals surface area (Å²) in [4.78, 5) is 5.33. The van der Waals surface area contributed by atoms with Gasteiger partial charge in [-0.05, 0) is 110 Å². The van der Waals surface area contributed by atoms with E-state index in [1.54, 1.807) is 0 Å². The lowest BCUT2D eigenvalue weighted by molar-refractivity contribution is 0.621. The molecule has 0 N–H and O–H groups in total. The van der Waals surface area contributed by atoms with Gasteiger partial charge < -0.3 is 8.98 Å². The van der Waals surface area contributed by atoms with Gasteiger partial charge in [-0.2, -0.15) is 0 Å². The van der Waals surface area contributed by atoms with Gasteiger partial charge in [0, 0.05) is 47.8 Å². The Balaban J connectivity index is 0.993. The van der Waals surface area contributed by atoms with Crippen LogP contribution in [0.5, 0.6) is 0 Å². The van der Waals surface area contributed by atoms with Crippen LogP contribution >= 0.6 is 11.3 Å². The van der Waals surface area contributed by atoms with Gasteiger partial charge in [0.05, 0.1) is 11.0 Å². The normalized spacial score (nSPS) is 12.1. The second-order valence-corrected chi connectivity index (χ2v) is 16.6. The molecule has 0 amide bonds. The first-order chi connectivity index (χ1) is 29.2. The van der Waals surface area contributed by atoms with Crippen molar-refractivity contribution in [2.75, 3.05) is 0 Å². The Bertz CT molecular complexity index is 3830. The molecule has 0 radical (unpaired) electrons. The van der Waals surface area contributed by atoms with Gasteiger partial charge in [0.1, 0.15) is 5.52 Å². The highest BCUT2D eigenvalue weighted by molar-refractivity contribution is 7.26. The summed E-state index contributed by atoms with van der Waals surface area (Å²) in [5.41, 5.74) is 10.7. The quantitative estimate of drug-likeness (QED) is 0.167. The van der Waals surface area contributed by atoms with E-state index in [2.05, 4.69) is 199 Å². The number of oxazole rings is 1. The van der Waals surface area contributed by atoms with Crippen LogP contribution in [0, 0.1) is 0 Å². The predicted molar refractivity (Wildman–Crippen MR) is 250 cm³/mol. The van der Waals surface area contributed by atoms with Crippen LogP contribution in [0.1, 0.15) is 0 Å². The summed E-state index contributed by atoms with van der Waals surface area (Å²) in [5.74, 6) is 0.618. The zero-order valence-corrected chi connectivity index (χ0v) is 32.5. The molecule has 0 fully saturated rings. The van der Waals surface area contributed by atoms with Crippen LogP contribution in [0.15, 0.2) is 199 Å². The fourth-order valence-electron chi connectivity index (χ4n) is 9.43. The van der Waals surface area contributed by atoms with E-state index >= 15 is 0 Å². The minimum Gasteiger partial charge on any atom is -0.435 e. The summed E-state index contributed by atoms with van der Waals surface area (Å²) in [7, 11) is 0. The summed E-state index contributed by atoms with van der Waals surface area (Å²) in [6.07, 6.45) is 0. The number of aromatic nitrogens is 2. The first-order valence-corrected chi connectivity index (χ1v) is 20.8. The average molecular weight is 769 g/mol. The van der Waals surface area contributed by atoms with Gasteiger partial charge in [0.15, 0.2) is 5.58 Å². The molecule has 4 heteroatoms. The highest BCUT2D eigenvalue weighted by atomic mass is 32.1. The van der Waals surface area contributed by atoms with Gasteiger partial charge >= 0.3 is 0 Å². The average Bonchev–Trinajstić information content (AvgIpc) is 4.00. The number of thiophene rings is 1. The van der Waals surface area contributed by atoms with Crippen molar-refractivity contribution < 1.29 is 4.42 Å². The van der Waals surface area contributed by atoms with Gasteiger partial charge in [0.25, 0.3) is 0 Å². The van der Waals surface area contributed by atoms with Crippen molar-refractivity contribution in [1.29, 1.82) is 0 Å². The summed E-state index contributed by atoms with van der Waals surface area (Å²) in [6, 6.07) is 70.2. The molecular formula is C55H32N2OS. The monoisotopic (exact) mass is 768 g/mol. The fourth-order valence-corrected chi connectivity index (χ4v) is 10.6. The van der Waals surface area contributed by atoms with Crippen molar-refractivity contribution in [2.24, 2.45) is 0 Å². The van der Waals surface area contributed by atoms with E-state index in [0.29, 0.717) is 5.89 Å². The first kappa shape index (κ1) is 32.5. The molecular weight excluding hydrogens is 737 g/mol. The summed E-state index contributed by atoms with van der Waals surface area (Å²) >= 11 is 1.82. The molecule has 0 aliphatic carbocycles. The molecule has 3 aromatic heterocycles. The maximum absolute atomic E-state index is 6.92. The Hall–Kier alpha value is -7.53. The largest absolute Gasteiger partial charge is 0.435 e. The number of fused-ring (bicyclic) bond motifs is 12. The lowest BCUT2D eigenvalue weighted by Gasteiger charge is -2.09. The van der Waals surface area contributed by atoms with Crippen molar-refractivity contribution in [2.45, 2.75) is 0 Å². The summed E-state index contributed by atoms with van der Waals surface area (Å²) in [6.45, 7) is 0. The molecule has 0 bridgehead atoms. The molecule has 0 saturated heterocycles. The number of rotatable bonds is 4. The topological polar surface area (TPSA) is 31.0 Å². The Morgan fingerprint density at radius 3 is 1.93 bits per heavy atom. The van der Waals surface area contributed by atoms with Crippen LogP contribution < -0.4 is 0 Å². The lowest BCUT2D eigenvalue weighted by atomic mass is 9.96. The van der Waals surface area contributed by atoms with Crippen molar-refractivity contribution in [1.82, 2.24) is 9.55 Å². The number of benzene rings is 10. The van der Waals surface area contributed by atoms with Crippen molar-refractivity contribution in [3.63, 3.8) is 0 Å². The van der Waals surface area contributed by atoms with Gasteiger partial charge in [-0.3, -0.25) is 0 Å². The lowest BCUT2D eigenvalue weighted by Crippen LogP contribution is -1.93. The SMILES string of the molecule is c1ccc(-n2c3cc4ccccc4cc3c3c(-c4ccc(-c5nc6c(o5)c(-c5ccc7ccc8ccccc8c7c5)cc5sc7ccccc7c56)cc4)cccc32)cc1. The summed E-state index contributed by atoms with van der Waals surface area (Å²) in [5, 5.41) is 12.2. The molecule has 13 rings (SSSR count). The highest BCUT2D eigenvalue weighted by Gasteiger charge is 2.22. The maximum Gasteiger partial charge on any atom is 0.227 e. The molecule has 3 nitrogen and oxygen atoms in total. The third-order valence-electron chi connectivity index (χ3n) is 12.2. The number of nitrogens with zero attached hydrogens (tertiary/aromatic N) is 2. The molecule has 0 spiro atoms. The standard InChI is InChI=1S/C55H32N2OS/c1-2-14-40(15-3-1)57-47-19-10-18-42(51(47)46-29-37-12-4-5-13-38(37)31-48(46)57)34-23-26-36(27-24-34)55-56-53-52-43-17-8-9-20-49(43)59-50(52)32-45(54(53)58-55)39-28-25-35-22-21-33-11-6-7-16-41(33)44(35)30-39/h1-32H. The van der Waals surface area contributed by atoms with E-state index in [1.807, 2.05) is 11.3 Å². The van der Waals surface area contributed by atoms with Gasteiger partial charge in [-0.1, -0.05) is 133 Å². The van der Waals surface area contributed by atoms with Crippen molar-refractivity contribution >= 4 is 96.7 Å². The first-order valence-electron chi connectivity index (χ1n) is 20.0. The second-order valence-electron chi connectivity index (χ2n) is 15.5. The molecule has 10 aromatic carbocycles. The van der Waals surface area contributed by atoms with Crippen LogP contribution in [0.3, 0.4) is 0 Å². The molecule has 0 unspecified atom stereocenters. The van der Waals surface area contributed by atoms with Crippen molar-refractivity contribution in [3.05, 3.63) is 194 Å². The minimum absolute atomic E-state index is 0.618. The molecule has 0 saturated carbocycles. The maximum atomic E-state index is 6.92. The Morgan fingerprint density at radius 1 is 0.407 bits per heavy atom. The highest BCUT2D eigenvalue weighted by Crippen LogP contribution is 2.45. The third-order valence-corrected chi connectivity index (χ3v) is 13.3. The minimum atomic E-state index is 0.618. The zero-order valence-electron chi connectivity index (χ0n) is 31.7. The summed E-state index contributed by atoms with van der Waals surface area (Å²) < 4.78 is 11.8. The van der Waals surface area contributed by atoms with Crippen LogP contribution in [0.4, 0.5) is 0 Å². The Kier molecular flexibility index (Phi) is 6.89. The van der Waals surface area contributed by atoms with E-state index in [4.69, 9.17) is 9.40 Å². The van der Waals surface area contributed by atoms with Gasteiger partial charge in [-0.25, -0.2) is 4.98 Å². The number of hydrogen-bond acceptors (Lipinski definition) is 3. The number of hydrogen-bond donors (Lipinski definition) is 0. The van der Waals surface area contributed by atoms with Crippen LogP contribution in [0.25, 0.3) is 125 Å². The van der Waals surface area contributed by atoms with E-state index in [1.165, 1.54) is 74.5 Å². The smallest absolute Gasteiger partial charge is 0.227 e. The van der Waals surface area contributed by atoms with E-state index in [9.17, 15) is 0 Å². The third kappa shape index (κ3) is 4.91. The van der Waals surface area contributed by atoms with Crippen molar-refractivity contribution in [3.8, 4) is 39.4 Å². The molecule has 0 atom stereocenters. The Morgan fingerprint density at radius 2 is 1.08 bits per heavy atom. The van der Waals surface area contributed by atoms with Crippen LogP contribution in [-0.2, 0) is 0 Å². The molecule has 13 aromatic rings. The van der Waals surface area contributed by atoms with Crippen LogP contribution in [-0.4, -0.2) is 9.55 Å². The van der Waals surface area contributed by atoms with E-state index in [-0.39, 0.29) is 0 Å². The molecule has 274 valence electrons. The van der Waals surface area contributed by atoms with E-state index in [0.717, 1.165) is 44.4 Å². The molecule has 0 aliphatic rings. The van der Waals surface area contributed by atoms with Crippen LogP contribution in [0.2, 0.25) is 0 Å². The van der Waals surface area contributed by atoms with Gasteiger partial charge in [0.2, 0.25) is 5.89 Å². The van der Waals surface area contributed by atoms with Gasteiger partial charge in [-0.15, -0.1) is 11.3 Å². The second kappa shape index (κ2) is 12.5. The predicted octanol–water partition coefficient (Wildman–Crippen LogP) is 15.8. The zero-order chi connectivity index (χ0) is 38.6. The fraction of sp³-hybridized carbons (Fsp3) is 0. The van der Waals surface area contributed by atoms with E-state index < -0.39 is 0 Å². The number of para-hydroxylation sites is 1. The molecule has 59 heavy (non-hydrogen) atoms. The molecule has 0 aliphatic heterocycles. The molecule has 3 heterocycles.